The summed E-state index contributed by atoms with van der Waals surface area (Å²) in [5.41, 5.74) is 1.58. The summed E-state index contributed by atoms with van der Waals surface area (Å²) in [5.74, 6) is -0.352. The van der Waals surface area contributed by atoms with Gasteiger partial charge in [-0.1, -0.05) is 11.6 Å². The highest BCUT2D eigenvalue weighted by molar-refractivity contribution is 6.30. The molecule has 24 heavy (non-hydrogen) atoms. The third kappa shape index (κ3) is 3.85. The Morgan fingerprint density at radius 3 is 2.62 bits per heavy atom. The van der Waals surface area contributed by atoms with E-state index in [1.54, 1.807) is 48.8 Å². The minimum Gasteiger partial charge on any atom is -0.324 e. The fourth-order valence-corrected chi connectivity index (χ4v) is 2.23. The van der Waals surface area contributed by atoms with E-state index in [-0.39, 0.29) is 18.0 Å². The number of carbonyl (C=O) groups excluding carboxylic acids is 1. The van der Waals surface area contributed by atoms with Crippen molar-refractivity contribution in [2.24, 2.45) is 0 Å². The van der Waals surface area contributed by atoms with Crippen molar-refractivity contribution >= 4 is 23.2 Å². The van der Waals surface area contributed by atoms with Gasteiger partial charge in [-0.15, -0.1) is 0 Å². The van der Waals surface area contributed by atoms with Gasteiger partial charge in [0.15, 0.2) is 0 Å². The molecule has 0 aliphatic carbocycles. The van der Waals surface area contributed by atoms with Crippen LogP contribution in [0.3, 0.4) is 0 Å². The molecule has 0 bridgehead atoms. The van der Waals surface area contributed by atoms with Crippen LogP contribution in [0.1, 0.15) is 0 Å². The molecule has 0 unspecified atom stereocenters. The summed E-state index contributed by atoms with van der Waals surface area (Å²) in [6.45, 7) is -0.185. The summed E-state index contributed by atoms with van der Waals surface area (Å²) in [5, 5.41) is 7.49. The normalized spacial score (nSPS) is 10.4. The monoisotopic (exact) mass is 340 g/mol. The van der Waals surface area contributed by atoms with E-state index >= 15 is 0 Å². The lowest BCUT2D eigenvalue weighted by molar-refractivity contribution is -0.117. The van der Waals surface area contributed by atoms with Crippen molar-refractivity contribution < 1.29 is 4.79 Å². The van der Waals surface area contributed by atoms with Crippen molar-refractivity contribution in [1.29, 1.82) is 0 Å². The zero-order chi connectivity index (χ0) is 16.9. The molecule has 6 nitrogen and oxygen atoms in total. The molecule has 1 amide bonds. The quantitative estimate of drug-likeness (QED) is 0.792. The number of carbonyl (C=O) groups is 1. The number of aromatic nitrogens is 3. The first-order chi connectivity index (χ1) is 11.6. The van der Waals surface area contributed by atoms with Crippen LogP contribution in [0.2, 0.25) is 5.02 Å². The molecule has 0 saturated heterocycles. The van der Waals surface area contributed by atoms with Crippen LogP contribution in [-0.4, -0.2) is 20.7 Å². The van der Waals surface area contributed by atoms with Crippen molar-refractivity contribution in [3.63, 3.8) is 0 Å². The van der Waals surface area contributed by atoms with Gasteiger partial charge in [-0.25, -0.2) is 4.68 Å². The van der Waals surface area contributed by atoms with E-state index < -0.39 is 0 Å². The zero-order valence-electron chi connectivity index (χ0n) is 12.5. The van der Waals surface area contributed by atoms with Crippen LogP contribution >= 0.6 is 11.6 Å². The van der Waals surface area contributed by atoms with E-state index in [1.807, 2.05) is 6.07 Å². The maximum absolute atomic E-state index is 12.1. The molecule has 0 fully saturated rings. The summed E-state index contributed by atoms with van der Waals surface area (Å²) in [7, 11) is 0. The van der Waals surface area contributed by atoms with E-state index in [0.29, 0.717) is 16.4 Å². The summed E-state index contributed by atoms with van der Waals surface area (Å²) < 4.78 is 1.12. The largest absolute Gasteiger partial charge is 0.324 e. The highest BCUT2D eigenvalue weighted by Gasteiger charge is 2.08. The molecule has 0 aliphatic rings. The topological polar surface area (TPSA) is 76.9 Å². The Labute approximate surface area is 142 Å². The van der Waals surface area contributed by atoms with Crippen LogP contribution in [0.5, 0.6) is 0 Å². The maximum atomic E-state index is 12.1. The van der Waals surface area contributed by atoms with E-state index in [1.165, 1.54) is 6.07 Å². The Bertz CT molecular complexity index is 908. The first-order valence-electron chi connectivity index (χ1n) is 7.16. The van der Waals surface area contributed by atoms with Crippen LogP contribution in [0.25, 0.3) is 11.3 Å². The average molecular weight is 341 g/mol. The van der Waals surface area contributed by atoms with E-state index in [0.717, 1.165) is 10.2 Å². The molecule has 120 valence electrons. The first kappa shape index (κ1) is 15.9. The summed E-state index contributed by atoms with van der Waals surface area (Å²) in [6.07, 6.45) is 3.30. The van der Waals surface area contributed by atoms with E-state index in [9.17, 15) is 9.59 Å². The fourth-order valence-electron chi connectivity index (χ4n) is 2.10. The third-order valence-electron chi connectivity index (χ3n) is 3.25. The molecule has 0 aliphatic heterocycles. The van der Waals surface area contributed by atoms with Gasteiger partial charge >= 0.3 is 0 Å². The molecular formula is C17H13ClN4O2. The van der Waals surface area contributed by atoms with Crippen LogP contribution in [0.15, 0.2) is 65.7 Å². The number of nitrogens with one attached hydrogen (secondary N) is 1. The van der Waals surface area contributed by atoms with E-state index in [2.05, 4.69) is 15.4 Å². The Balaban J connectivity index is 1.78. The van der Waals surface area contributed by atoms with Gasteiger partial charge in [-0.2, -0.15) is 5.10 Å². The maximum Gasteiger partial charge on any atom is 0.267 e. The molecular weight excluding hydrogens is 328 g/mol. The summed E-state index contributed by atoms with van der Waals surface area (Å²) >= 11 is 5.80. The zero-order valence-corrected chi connectivity index (χ0v) is 13.3. The smallest absolute Gasteiger partial charge is 0.267 e. The van der Waals surface area contributed by atoms with Crippen molar-refractivity contribution in [2.75, 3.05) is 5.32 Å². The summed E-state index contributed by atoms with van der Waals surface area (Å²) in [4.78, 5) is 28.1. The Morgan fingerprint density at radius 1 is 1.12 bits per heavy atom. The van der Waals surface area contributed by atoms with Gasteiger partial charge in [-0.3, -0.25) is 14.6 Å². The fraction of sp³-hybridized carbons (Fsp3) is 0.0588. The Morgan fingerprint density at radius 2 is 1.92 bits per heavy atom. The Kier molecular flexibility index (Phi) is 4.67. The van der Waals surface area contributed by atoms with Crippen molar-refractivity contribution in [1.82, 2.24) is 14.8 Å². The molecule has 3 aromatic rings. The van der Waals surface area contributed by atoms with Crippen LogP contribution < -0.4 is 10.9 Å². The SMILES string of the molecule is O=C(Cn1nc(-c2cccnc2)ccc1=O)Nc1ccc(Cl)cc1. The lowest BCUT2D eigenvalue weighted by Gasteiger charge is -2.08. The molecule has 0 atom stereocenters. The van der Waals surface area contributed by atoms with Crippen LogP contribution in [0, 0.1) is 0 Å². The van der Waals surface area contributed by atoms with Gasteiger partial charge in [0.1, 0.15) is 6.54 Å². The molecule has 0 spiro atoms. The van der Waals surface area contributed by atoms with Gasteiger partial charge in [0.05, 0.1) is 5.69 Å². The number of rotatable bonds is 4. The lowest BCUT2D eigenvalue weighted by Crippen LogP contribution is -2.29. The first-order valence-corrected chi connectivity index (χ1v) is 7.53. The molecule has 2 aromatic heterocycles. The highest BCUT2D eigenvalue weighted by atomic mass is 35.5. The predicted octanol–water partition coefficient (Wildman–Crippen LogP) is 2.60. The Hall–Kier alpha value is -2.99. The van der Waals surface area contributed by atoms with Gasteiger partial charge in [0.25, 0.3) is 5.56 Å². The molecule has 2 heterocycles. The second-order valence-corrected chi connectivity index (χ2v) is 5.45. The van der Waals surface area contributed by atoms with Crippen molar-refractivity contribution in [3.05, 3.63) is 76.3 Å². The molecule has 1 aromatic carbocycles. The number of amides is 1. The van der Waals surface area contributed by atoms with Gasteiger partial charge < -0.3 is 5.32 Å². The van der Waals surface area contributed by atoms with E-state index in [4.69, 9.17) is 11.6 Å². The average Bonchev–Trinajstić information content (AvgIpc) is 2.60. The minimum atomic E-state index is -0.353. The number of nitrogens with zero attached hydrogens (tertiary/aromatic N) is 3. The number of hydrogen-bond acceptors (Lipinski definition) is 4. The van der Waals surface area contributed by atoms with Gasteiger partial charge in [0, 0.05) is 34.7 Å². The summed E-state index contributed by atoms with van der Waals surface area (Å²) in [6, 6.07) is 13.3. The third-order valence-corrected chi connectivity index (χ3v) is 3.50. The van der Waals surface area contributed by atoms with Gasteiger partial charge in [-0.05, 0) is 42.5 Å². The molecule has 0 radical (unpaired) electrons. The predicted molar refractivity (Wildman–Crippen MR) is 91.8 cm³/mol. The standard InChI is InChI=1S/C17H13ClN4O2/c18-13-3-5-14(6-4-13)20-16(23)11-22-17(24)8-7-15(21-22)12-2-1-9-19-10-12/h1-10H,11H2,(H,20,23). The van der Waals surface area contributed by atoms with Gasteiger partial charge in [0.2, 0.25) is 5.91 Å². The second-order valence-electron chi connectivity index (χ2n) is 5.01. The second kappa shape index (κ2) is 7.06. The number of benzene rings is 1. The van der Waals surface area contributed by atoms with Crippen LogP contribution in [0.4, 0.5) is 5.69 Å². The molecule has 3 rings (SSSR count). The number of halogens is 1. The molecule has 0 saturated carbocycles. The van der Waals surface area contributed by atoms with Crippen molar-refractivity contribution in [2.45, 2.75) is 6.54 Å². The number of anilines is 1. The molecule has 7 heteroatoms. The minimum absolute atomic E-state index is 0.185. The number of hydrogen-bond donors (Lipinski definition) is 1. The number of pyridine rings is 1. The van der Waals surface area contributed by atoms with Crippen LogP contribution in [-0.2, 0) is 11.3 Å². The molecule has 1 N–H and O–H groups in total. The highest BCUT2D eigenvalue weighted by Crippen LogP contribution is 2.14. The lowest BCUT2D eigenvalue weighted by atomic mass is 10.2. The van der Waals surface area contributed by atoms with Crippen molar-refractivity contribution in [3.8, 4) is 11.3 Å².